The van der Waals surface area contributed by atoms with Crippen LogP contribution in [0.15, 0.2) is 0 Å². The van der Waals surface area contributed by atoms with Gasteiger partial charge in [0.15, 0.2) is 0 Å². The summed E-state index contributed by atoms with van der Waals surface area (Å²) in [6.45, 7) is -0.0451. The highest BCUT2D eigenvalue weighted by Crippen LogP contribution is 1.89. The first-order valence-corrected chi connectivity index (χ1v) is 3.18. The minimum absolute atomic E-state index is 0.0121. The molecule has 2 amide bonds. The Bertz CT molecular complexity index is 111. The molecular weight excluding hydrogens is 158 g/mol. The van der Waals surface area contributed by atoms with Gasteiger partial charge in [0.1, 0.15) is 0 Å². The molecule has 0 aromatic rings. The average molecular weight is 166 g/mol. The Morgan fingerprint density at radius 1 is 1.50 bits per heavy atom. The van der Waals surface area contributed by atoms with Gasteiger partial charge in [0, 0.05) is 0 Å². The monoisotopic (exact) mass is 165 g/mol. The molecule has 0 aromatic heterocycles. The highest BCUT2D eigenvalue weighted by atomic mass is 35.5. The predicted molar refractivity (Wildman–Crippen MR) is 35.6 cm³/mol. The van der Waals surface area contributed by atoms with Gasteiger partial charge < -0.3 is 5.11 Å². The molecule has 0 aromatic carbocycles. The van der Waals surface area contributed by atoms with Crippen molar-refractivity contribution < 1.29 is 14.7 Å². The van der Waals surface area contributed by atoms with Gasteiger partial charge in [-0.05, 0) is 0 Å². The van der Waals surface area contributed by atoms with E-state index in [1.54, 1.807) is 0 Å². The summed E-state index contributed by atoms with van der Waals surface area (Å²) in [7, 11) is 0. The molecule has 58 valence electrons. The molecule has 0 bridgehead atoms. The van der Waals surface area contributed by atoms with E-state index >= 15 is 0 Å². The molecule has 0 aliphatic carbocycles. The molecule has 0 saturated heterocycles. The molecule has 0 spiro atoms. The van der Waals surface area contributed by atoms with Crippen LogP contribution in [0.3, 0.4) is 0 Å². The van der Waals surface area contributed by atoms with E-state index in [4.69, 9.17) is 16.7 Å². The van der Waals surface area contributed by atoms with Crippen LogP contribution in [0.2, 0.25) is 0 Å². The van der Waals surface area contributed by atoms with Crippen LogP contribution in [0, 0.1) is 0 Å². The third-order valence-electron chi connectivity index (χ3n) is 0.870. The first kappa shape index (κ1) is 9.39. The number of aliphatic hydroxyl groups is 1. The fourth-order valence-corrected chi connectivity index (χ4v) is 0.501. The molecule has 4 nitrogen and oxygen atoms in total. The smallest absolute Gasteiger partial charge is 0.216 e. The Labute approximate surface area is 63.4 Å². The van der Waals surface area contributed by atoms with Crippen molar-refractivity contribution in [1.82, 2.24) is 4.90 Å². The van der Waals surface area contributed by atoms with Crippen molar-refractivity contribution >= 4 is 24.4 Å². The van der Waals surface area contributed by atoms with Crippen LogP contribution in [0.1, 0.15) is 0 Å². The van der Waals surface area contributed by atoms with Gasteiger partial charge in [-0.25, -0.2) is 0 Å². The number of alkyl halides is 1. The summed E-state index contributed by atoms with van der Waals surface area (Å²) >= 11 is 5.20. The second-order valence-corrected chi connectivity index (χ2v) is 2.02. The van der Waals surface area contributed by atoms with Crippen LogP contribution in [0.25, 0.3) is 0 Å². The first-order valence-electron chi connectivity index (χ1n) is 2.65. The van der Waals surface area contributed by atoms with Crippen molar-refractivity contribution in [2.45, 2.75) is 6.10 Å². The van der Waals surface area contributed by atoms with Gasteiger partial charge in [-0.2, -0.15) is 0 Å². The number of amides is 2. The SMILES string of the molecule is O=CN(C=O)CC(O)CCl. The quantitative estimate of drug-likeness (QED) is 0.429. The summed E-state index contributed by atoms with van der Waals surface area (Å²) in [6.07, 6.45) is -0.164. The summed E-state index contributed by atoms with van der Waals surface area (Å²) in [5.74, 6) is 0.0121. The van der Waals surface area contributed by atoms with Crippen LogP contribution in [0.5, 0.6) is 0 Å². The summed E-state index contributed by atoms with van der Waals surface area (Å²) < 4.78 is 0. The highest BCUT2D eigenvalue weighted by molar-refractivity contribution is 6.18. The minimum atomic E-state index is -0.836. The zero-order valence-corrected chi connectivity index (χ0v) is 5.99. The third kappa shape index (κ3) is 3.42. The number of halogens is 1. The molecule has 0 fully saturated rings. The number of imide groups is 1. The number of carbonyl (C=O) groups excluding carboxylic acids is 2. The van der Waals surface area contributed by atoms with Crippen molar-refractivity contribution in [2.24, 2.45) is 0 Å². The number of rotatable bonds is 5. The number of aliphatic hydroxyl groups excluding tert-OH is 1. The van der Waals surface area contributed by atoms with Crippen molar-refractivity contribution in [3.05, 3.63) is 0 Å². The lowest BCUT2D eigenvalue weighted by molar-refractivity contribution is -0.130. The maximum Gasteiger partial charge on any atom is 0.216 e. The van der Waals surface area contributed by atoms with Gasteiger partial charge in [0.25, 0.3) is 0 Å². The summed E-state index contributed by atoms with van der Waals surface area (Å²) in [4.78, 5) is 20.6. The fourth-order valence-electron chi connectivity index (χ4n) is 0.403. The summed E-state index contributed by atoms with van der Waals surface area (Å²) in [5.41, 5.74) is 0. The Hall–Kier alpha value is -0.610. The third-order valence-corrected chi connectivity index (χ3v) is 1.23. The number of nitrogens with zero attached hydrogens (tertiary/aromatic N) is 1. The molecule has 0 heterocycles. The van der Waals surface area contributed by atoms with Gasteiger partial charge in [0.05, 0.1) is 18.5 Å². The standard InChI is InChI=1S/C5H8ClNO3/c6-1-5(10)2-7(3-8)4-9/h3-5,10H,1-2H2. The maximum absolute atomic E-state index is 9.93. The average Bonchev–Trinajstić information content (AvgIpc) is 1.99. The highest BCUT2D eigenvalue weighted by Gasteiger charge is 2.06. The molecule has 1 unspecified atom stereocenters. The predicted octanol–water partition coefficient (Wildman–Crippen LogP) is -0.799. The zero-order valence-electron chi connectivity index (χ0n) is 5.24. The van der Waals surface area contributed by atoms with E-state index in [0.717, 1.165) is 4.90 Å². The van der Waals surface area contributed by atoms with Crippen LogP contribution >= 0.6 is 11.6 Å². The van der Waals surface area contributed by atoms with Gasteiger partial charge in [0.2, 0.25) is 12.8 Å². The van der Waals surface area contributed by atoms with E-state index in [-0.39, 0.29) is 12.4 Å². The molecule has 0 aliphatic rings. The Morgan fingerprint density at radius 3 is 2.30 bits per heavy atom. The van der Waals surface area contributed by atoms with Crippen molar-refractivity contribution in [1.29, 1.82) is 0 Å². The van der Waals surface area contributed by atoms with E-state index < -0.39 is 6.10 Å². The van der Waals surface area contributed by atoms with Crippen LogP contribution < -0.4 is 0 Å². The summed E-state index contributed by atoms with van der Waals surface area (Å²) in [6, 6.07) is 0. The molecule has 1 N–H and O–H groups in total. The number of hydrogen-bond acceptors (Lipinski definition) is 3. The topological polar surface area (TPSA) is 57.6 Å². The first-order chi connectivity index (χ1) is 4.74. The largest absolute Gasteiger partial charge is 0.390 e. The van der Waals surface area contributed by atoms with E-state index in [0.29, 0.717) is 12.8 Å². The van der Waals surface area contributed by atoms with E-state index in [1.807, 2.05) is 0 Å². The number of carbonyl (C=O) groups is 2. The van der Waals surface area contributed by atoms with Crippen molar-refractivity contribution in [2.75, 3.05) is 12.4 Å². The van der Waals surface area contributed by atoms with Gasteiger partial charge in [-0.1, -0.05) is 0 Å². The number of hydrogen-bond donors (Lipinski definition) is 1. The van der Waals surface area contributed by atoms with Crippen LogP contribution in [-0.2, 0) is 9.59 Å². The molecule has 0 radical (unpaired) electrons. The Balaban J connectivity index is 3.61. The molecule has 5 heteroatoms. The van der Waals surface area contributed by atoms with E-state index in [9.17, 15) is 9.59 Å². The summed E-state index contributed by atoms with van der Waals surface area (Å²) in [5, 5.41) is 8.80. The lowest BCUT2D eigenvalue weighted by Crippen LogP contribution is -2.31. The molecule has 10 heavy (non-hydrogen) atoms. The Kier molecular flexibility index (Phi) is 4.88. The van der Waals surface area contributed by atoms with E-state index in [1.165, 1.54) is 0 Å². The lowest BCUT2D eigenvalue weighted by atomic mass is 10.4. The fraction of sp³-hybridized carbons (Fsp3) is 0.600. The van der Waals surface area contributed by atoms with Gasteiger partial charge >= 0.3 is 0 Å². The van der Waals surface area contributed by atoms with Crippen molar-refractivity contribution in [3.63, 3.8) is 0 Å². The van der Waals surface area contributed by atoms with Crippen molar-refractivity contribution in [3.8, 4) is 0 Å². The lowest BCUT2D eigenvalue weighted by Gasteiger charge is -2.11. The van der Waals surface area contributed by atoms with Gasteiger partial charge in [-0.3, -0.25) is 14.5 Å². The molecule has 1 atom stereocenters. The normalized spacial score (nSPS) is 12.2. The Morgan fingerprint density at radius 2 is 2.00 bits per heavy atom. The van der Waals surface area contributed by atoms with Gasteiger partial charge in [-0.15, -0.1) is 11.6 Å². The van der Waals surface area contributed by atoms with E-state index in [2.05, 4.69) is 0 Å². The minimum Gasteiger partial charge on any atom is -0.390 e. The van der Waals surface area contributed by atoms with Crippen LogP contribution in [-0.4, -0.2) is 41.4 Å². The molecule has 0 saturated carbocycles. The molecule has 0 rings (SSSR count). The second kappa shape index (κ2) is 5.20. The zero-order chi connectivity index (χ0) is 7.98. The molecular formula is C5H8ClNO3. The second-order valence-electron chi connectivity index (χ2n) is 1.72. The van der Waals surface area contributed by atoms with Crippen LogP contribution in [0.4, 0.5) is 0 Å². The maximum atomic E-state index is 9.93. The molecule has 0 aliphatic heterocycles.